The van der Waals surface area contributed by atoms with Gasteiger partial charge in [0.25, 0.3) is 0 Å². The molecule has 1 N–H and O–H groups in total. The van der Waals surface area contributed by atoms with E-state index in [0.717, 1.165) is 19.9 Å². The zero-order valence-electron chi connectivity index (χ0n) is 6.55. The van der Waals surface area contributed by atoms with Gasteiger partial charge in [-0.2, -0.15) is 0 Å². The van der Waals surface area contributed by atoms with Crippen LogP contribution in [0.4, 0.5) is 0 Å². The summed E-state index contributed by atoms with van der Waals surface area (Å²) < 4.78 is 7.25. The molecule has 13 heavy (non-hydrogen) atoms. The van der Waals surface area contributed by atoms with Gasteiger partial charge in [-0.05, 0) is 34.1 Å². The van der Waals surface area contributed by atoms with Gasteiger partial charge in [0.2, 0.25) is 0 Å². The van der Waals surface area contributed by atoms with Gasteiger partial charge in [0.1, 0.15) is 18.0 Å². The topological polar surface area (TPSA) is 33.4 Å². The van der Waals surface area contributed by atoms with Crippen LogP contribution in [0.2, 0.25) is 0 Å². The SMILES string of the molecule is OCc1cc2cc(Br)cc(Br)c2o1. The summed E-state index contributed by atoms with van der Waals surface area (Å²) >= 11 is 6.77. The average molecular weight is 306 g/mol. The van der Waals surface area contributed by atoms with Crippen molar-refractivity contribution in [1.29, 1.82) is 0 Å². The highest BCUT2D eigenvalue weighted by atomic mass is 79.9. The summed E-state index contributed by atoms with van der Waals surface area (Å²) in [5.74, 6) is 0.578. The molecule has 0 saturated heterocycles. The second kappa shape index (κ2) is 3.44. The van der Waals surface area contributed by atoms with E-state index in [2.05, 4.69) is 31.9 Å². The van der Waals surface area contributed by atoms with E-state index in [9.17, 15) is 0 Å². The van der Waals surface area contributed by atoms with Crippen LogP contribution in [0.25, 0.3) is 11.0 Å². The number of hydrogen-bond donors (Lipinski definition) is 1. The van der Waals surface area contributed by atoms with Crippen molar-refractivity contribution in [3.05, 3.63) is 32.9 Å². The molecule has 4 heteroatoms. The quantitative estimate of drug-likeness (QED) is 0.875. The van der Waals surface area contributed by atoms with Gasteiger partial charge in [-0.1, -0.05) is 15.9 Å². The molecule has 1 heterocycles. The van der Waals surface area contributed by atoms with Crippen molar-refractivity contribution in [2.45, 2.75) is 6.61 Å². The Morgan fingerprint density at radius 1 is 1.23 bits per heavy atom. The Balaban J connectivity index is 2.75. The largest absolute Gasteiger partial charge is 0.457 e. The van der Waals surface area contributed by atoms with Crippen LogP contribution < -0.4 is 0 Å². The van der Waals surface area contributed by atoms with Crippen LogP contribution in [0.1, 0.15) is 5.76 Å². The van der Waals surface area contributed by atoms with E-state index >= 15 is 0 Å². The molecule has 0 aliphatic heterocycles. The third kappa shape index (κ3) is 1.66. The number of halogens is 2. The van der Waals surface area contributed by atoms with Gasteiger partial charge >= 0.3 is 0 Å². The zero-order valence-corrected chi connectivity index (χ0v) is 9.72. The molecule has 0 bridgehead atoms. The molecule has 0 radical (unpaired) electrons. The number of aliphatic hydroxyl groups is 1. The van der Waals surface area contributed by atoms with Crippen molar-refractivity contribution >= 4 is 42.8 Å². The van der Waals surface area contributed by atoms with Gasteiger partial charge < -0.3 is 9.52 Å². The standard InChI is InChI=1S/C9H6Br2O2/c10-6-1-5-2-7(4-12)13-9(5)8(11)3-6/h1-3,12H,4H2. The Morgan fingerprint density at radius 2 is 2.00 bits per heavy atom. The molecule has 2 nitrogen and oxygen atoms in total. The normalized spacial score (nSPS) is 11.0. The lowest BCUT2D eigenvalue weighted by atomic mass is 10.2. The second-order valence-corrected chi connectivity index (χ2v) is 4.45. The van der Waals surface area contributed by atoms with Crippen molar-refractivity contribution in [3.63, 3.8) is 0 Å². The van der Waals surface area contributed by atoms with Crippen LogP contribution in [0, 0.1) is 0 Å². The number of rotatable bonds is 1. The summed E-state index contributed by atoms with van der Waals surface area (Å²) in [5.41, 5.74) is 0.771. The fourth-order valence-electron chi connectivity index (χ4n) is 1.21. The predicted molar refractivity (Wildman–Crippen MR) is 57.5 cm³/mol. The monoisotopic (exact) mass is 304 g/mol. The van der Waals surface area contributed by atoms with Crippen LogP contribution in [0.3, 0.4) is 0 Å². The minimum atomic E-state index is -0.0707. The first kappa shape index (κ1) is 9.24. The fourth-order valence-corrected chi connectivity index (χ4v) is 2.55. The highest BCUT2D eigenvalue weighted by Crippen LogP contribution is 2.30. The van der Waals surface area contributed by atoms with E-state index in [1.807, 2.05) is 18.2 Å². The number of furan rings is 1. The molecule has 68 valence electrons. The average Bonchev–Trinajstić information content (AvgIpc) is 2.47. The Morgan fingerprint density at radius 3 is 2.69 bits per heavy atom. The lowest BCUT2D eigenvalue weighted by Gasteiger charge is -1.93. The molecule has 0 aliphatic rings. The van der Waals surface area contributed by atoms with Crippen molar-refractivity contribution in [2.75, 3.05) is 0 Å². The molecule has 0 spiro atoms. The molecule has 0 unspecified atom stereocenters. The Bertz CT molecular complexity index is 448. The third-order valence-corrected chi connectivity index (χ3v) is 2.79. The molecular formula is C9H6Br2O2. The summed E-state index contributed by atoms with van der Waals surface area (Å²) in [6.07, 6.45) is 0. The minimum Gasteiger partial charge on any atom is -0.457 e. The van der Waals surface area contributed by atoms with Gasteiger partial charge in [-0.15, -0.1) is 0 Å². The Hall–Kier alpha value is -0.320. The summed E-state index contributed by atoms with van der Waals surface area (Å²) in [4.78, 5) is 0. The van der Waals surface area contributed by atoms with Crippen molar-refractivity contribution in [3.8, 4) is 0 Å². The fraction of sp³-hybridized carbons (Fsp3) is 0.111. The second-order valence-electron chi connectivity index (χ2n) is 2.68. The summed E-state index contributed by atoms with van der Waals surface area (Å²) in [5, 5.41) is 9.86. The summed E-state index contributed by atoms with van der Waals surface area (Å²) in [6.45, 7) is -0.0707. The molecule has 2 rings (SSSR count). The molecule has 1 aromatic carbocycles. The van der Waals surface area contributed by atoms with E-state index in [0.29, 0.717) is 5.76 Å². The van der Waals surface area contributed by atoms with Gasteiger partial charge in [0.15, 0.2) is 0 Å². The lowest BCUT2D eigenvalue weighted by Crippen LogP contribution is -1.72. The maximum absolute atomic E-state index is 8.88. The maximum atomic E-state index is 8.88. The van der Waals surface area contributed by atoms with Gasteiger partial charge in [-0.3, -0.25) is 0 Å². The summed E-state index contributed by atoms with van der Waals surface area (Å²) in [7, 11) is 0. The van der Waals surface area contributed by atoms with Crippen LogP contribution in [0.15, 0.2) is 31.6 Å². The number of fused-ring (bicyclic) bond motifs is 1. The number of benzene rings is 1. The Labute approximate surface area is 91.8 Å². The van der Waals surface area contributed by atoms with Gasteiger partial charge in [-0.25, -0.2) is 0 Å². The lowest BCUT2D eigenvalue weighted by molar-refractivity contribution is 0.251. The highest BCUT2D eigenvalue weighted by Gasteiger charge is 2.07. The minimum absolute atomic E-state index is 0.0707. The van der Waals surface area contributed by atoms with E-state index in [1.165, 1.54) is 0 Å². The first-order valence-electron chi connectivity index (χ1n) is 3.69. The first-order valence-corrected chi connectivity index (χ1v) is 5.27. The molecule has 0 atom stereocenters. The highest BCUT2D eigenvalue weighted by molar-refractivity contribution is 9.11. The van der Waals surface area contributed by atoms with Crippen LogP contribution >= 0.6 is 31.9 Å². The van der Waals surface area contributed by atoms with Gasteiger partial charge in [0, 0.05) is 9.86 Å². The molecular weight excluding hydrogens is 300 g/mol. The van der Waals surface area contributed by atoms with Crippen molar-refractivity contribution in [1.82, 2.24) is 0 Å². The van der Waals surface area contributed by atoms with Crippen LogP contribution in [-0.4, -0.2) is 5.11 Å². The third-order valence-electron chi connectivity index (χ3n) is 1.74. The Kier molecular flexibility index (Phi) is 2.45. The number of aliphatic hydroxyl groups excluding tert-OH is 1. The van der Waals surface area contributed by atoms with Crippen LogP contribution in [0.5, 0.6) is 0 Å². The van der Waals surface area contributed by atoms with Crippen LogP contribution in [-0.2, 0) is 6.61 Å². The van der Waals surface area contributed by atoms with E-state index < -0.39 is 0 Å². The van der Waals surface area contributed by atoms with E-state index in [1.54, 1.807) is 0 Å². The predicted octanol–water partition coefficient (Wildman–Crippen LogP) is 3.45. The smallest absolute Gasteiger partial charge is 0.148 e. The van der Waals surface area contributed by atoms with Crippen molar-refractivity contribution < 1.29 is 9.52 Å². The van der Waals surface area contributed by atoms with E-state index in [4.69, 9.17) is 9.52 Å². The van der Waals surface area contributed by atoms with E-state index in [-0.39, 0.29) is 6.61 Å². The molecule has 1 aromatic heterocycles. The van der Waals surface area contributed by atoms with Crippen molar-refractivity contribution in [2.24, 2.45) is 0 Å². The van der Waals surface area contributed by atoms with Gasteiger partial charge in [0.05, 0.1) is 4.47 Å². The molecule has 0 saturated carbocycles. The molecule has 0 fully saturated rings. The number of hydrogen-bond acceptors (Lipinski definition) is 2. The maximum Gasteiger partial charge on any atom is 0.148 e. The first-order chi connectivity index (χ1) is 6.20. The zero-order chi connectivity index (χ0) is 9.42. The molecule has 0 aliphatic carbocycles. The summed E-state index contributed by atoms with van der Waals surface area (Å²) in [6, 6.07) is 5.68. The molecule has 0 amide bonds. The molecule has 2 aromatic rings.